The van der Waals surface area contributed by atoms with Gasteiger partial charge in [-0.1, -0.05) is 123 Å². The van der Waals surface area contributed by atoms with Crippen LogP contribution in [0.1, 0.15) is 85.0 Å². The molecule has 0 aromatic heterocycles. The van der Waals surface area contributed by atoms with E-state index in [1.807, 2.05) is 16.0 Å². The maximum atomic E-state index is 10.8. The largest absolute Gasteiger partial charge is 1.00 e. The Labute approximate surface area is 310 Å². The third-order valence-corrected chi connectivity index (χ3v) is 6.07. The first-order valence-corrected chi connectivity index (χ1v) is 16.6. The van der Waals surface area contributed by atoms with E-state index in [4.69, 9.17) is 62.5 Å². The highest BCUT2D eigenvalue weighted by Gasteiger charge is 2.34. The molecule has 0 aliphatic heterocycles. The van der Waals surface area contributed by atoms with Crippen LogP contribution in [0.25, 0.3) is 0 Å². The van der Waals surface area contributed by atoms with Gasteiger partial charge in [0.25, 0.3) is 0 Å². The van der Waals surface area contributed by atoms with Crippen LogP contribution in [0.5, 0.6) is 0 Å². The number of carbonyl (C=O) groups excluding carboxylic acids is 1. The number of halogens is 3. The summed E-state index contributed by atoms with van der Waals surface area (Å²) in [4.78, 5) is 31.1. The van der Waals surface area contributed by atoms with Gasteiger partial charge in [0.2, 0.25) is 0 Å². The summed E-state index contributed by atoms with van der Waals surface area (Å²) in [5.74, 6) is -1.79. The Hall–Kier alpha value is 0.760. The zero-order valence-corrected chi connectivity index (χ0v) is 31.4. The molecule has 0 amide bonds. The quantitative estimate of drug-likeness (QED) is 0.0373. The van der Waals surface area contributed by atoms with Gasteiger partial charge in [-0.2, -0.15) is 13.1 Å². The molecule has 21 heteroatoms. The van der Waals surface area contributed by atoms with Crippen molar-refractivity contribution < 1.29 is 44.0 Å². The molecule has 0 aliphatic rings. The molecule has 0 saturated carbocycles. The zero-order chi connectivity index (χ0) is 33.8. The number of carbonyl (C=O) groups is 3. The molecule has 0 radical (unpaired) electrons. The van der Waals surface area contributed by atoms with Gasteiger partial charge in [-0.15, -0.1) is 12.6 Å². The van der Waals surface area contributed by atoms with Crippen molar-refractivity contribution in [2.24, 2.45) is 0 Å². The highest BCUT2D eigenvalue weighted by molar-refractivity contribution is 8.48. The van der Waals surface area contributed by atoms with Gasteiger partial charge in [-0.25, -0.2) is 5.26 Å². The van der Waals surface area contributed by atoms with Crippen LogP contribution < -0.4 is 4.72 Å². The minimum atomic E-state index is -3.89. The van der Waals surface area contributed by atoms with Gasteiger partial charge in [0.05, 0.1) is 0 Å². The molecule has 0 bridgehead atoms. The SMILES string of the molecule is C.C.C.CC(C)(SC(=S)SC(C)(C)C(=O)O)C(=O)O.CC(C)=O.CCCCNS(=O)(=O)OO.ClC(Cl)Cl.S=C=S.S=CS.[H+]. The monoisotopic (exact) mass is 830 g/mol. The molecule has 10 nitrogen and oxygen atoms in total. The smallest absolute Gasteiger partial charge is 0.480 e. The molecule has 43 heavy (non-hydrogen) atoms. The molecular weight excluding hydrogens is 785 g/mol. The van der Waals surface area contributed by atoms with E-state index in [1.165, 1.54) is 46.2 Å². The van der Waals surface area contributed by atoms with Crippen molar-refractivity contribution in [2.75, 3.05) is 6.54 Å². The van der Waals surface area contributed by atoms with Crippen LogP contribution in [0.4, 0.5) is 0 Å². The van der Waals surface area contributed by atoms with Crippen molar-refractivity contribution in [1.82, 2.24) is 4.72 Å². The number of nitrogens with one attached hydrogen (secondary N) is 1. The van der Waals surface area contributed by atoms with Gasteiger partial charge >= 0.3 is 23.7 Å². The maximum absolute atomic E-state index is 10.8. The Bertz CT molecular complexity index is 842. The average molecular weight is 833 g/mol. The molecule has 0 fully saturated rings. The van der Waals surface area contributed by atoms with Gasteiger partial charge in [-0.05, 0) is 72.4 Å². The van der Waals surface area contributed by atoms with E-state index in [0.717, 1.165) is 36.4 Å². The number of carboxylic acids is 2. The van der Waals surface area contributed by atoms with E-state index < -0.39 is 36.0 Å². The molecular formula is C22H47Cl3NO9S8+. The number of thioether (sulfide) groups is 2. The van der Waals surface area contributed by atoms with Crippen LogP contribution in [-0.2, 0) is 29.0 Å². The lowest BCUT2D eigenvalue weighted by Gasteiger charge is -2.22. The highest BCUT2D eigenvalue weighted by atomic mass is 35.6. The second-order valence-corrected chi connectivity index (χ2v) is 16.5. The lowest BCUT2D eigenvalue weighted by atomic mass is 10.2. The average Bonchev–Trinajstić information content (AvgIpc) is 2.73. The van der Waals surface area contributed by atoms with E-state index in [9.17, 15) is 22.8 Å². The number of thiol groups is 1. The second kappa shape index (κ2) is 40.8. The Morgan fingerprint density at radius 2 is 1.26 bits per heavy atom. The first kappa shape index (κ1) is 66.2. The number of carboxylic acid groups (broad SMARTS) is 2. The van der Waals surface area contributed by atoms with Gasteiger partial charge < -0.3 is 15.0 Å². The van der Waals surface area contributed by atoms with E-state index in [-0.39, 0.29) is 29.5 Å². The van der Waals surface area contributed by atoms with Crippen LogP contribution in [0.15, 0.2) is 0 Å². The molecule has 0 aromatic carbocycles. The summed E-state index contributed by atoms with van der Waals surface area (Å²) < 4.78 is 26.4. The molecule has 0 heterocycles. The van der Waals surface area contributed by atoms with Crippen molar-refractivity contribution in [3.8, 4) is 0 Å². The third-order valence-electron chi connectivity index (χ3n) is 2.61. The Balaban J connectivity index is -0.0000000445. The van der Waals surface area contributed by atoms with Crippen molar-refractivity contribution >= 4 is 160 Å². The number of unbranched alkanes of at least 4 members (excludes halogenated alkanes) is 1. The molecule has 4 N–H and O–H groups in total. The van der Waals surface area contributed by atoms with Crippen LogP contribution in [0, 0.1) is 0 Å². The maximum Gasteiger partial charge on any atom is 1.00 e. The molecule has 0 atom stereocenters. The summed E-state index contributed by atoms with van der Waals surface area (Å²) in [6.45, 7) is 11.4. The third kappa shape index (κ3) is 70.4. The minimum absolute atomic E-state index is 0. The zero-order valence-electron chi connectivity index (χ0n) is 23.5. The van der Waals surface area contributed by atoms with Crippen LogP contribution in [-0.4, -0.2) is 74.5 Å². The van der Waals surface area contributed by atoms with Gasteiger partial charge in [0.15, 0.2) is 4.30 Å². The molecule has 0 aliphatic carbocycles. The van der Waals surface area contributed by atoms with Gasteiger partial charge in [-0.3, -0.25) is 9.59 Å². The summed E-state index contributed by atoms with van der Waals surface area (Å²) in [7, 11) is -3.89. The minimum Gasteiger partial charge on any atom is -0.480 e. The number of Topliss-reactive ketones (excluding diaryl/α,β-unsaturated/α-hetero) is 1. The van der Waals surface area contributed by atoms with E-state index in [0.29, 0.717) is 10.1 Å². The number of rotatable bonds is 9. The molecule has 0 saturated heterocycles. The number of aliphatic carboxylic acids is 2. The molecule has 0 aromatic rings. The van der Waals surface area contributed by atoms with E-state index in [1.54, 1.807) is 0 Å². The lowest BCUT2D eigenvalue weighted by Crippen LogP contribution is -2.31. The van der Waals surface area contributed by atoms with Crippen molar-refractivity contribution in [3.63, 3.8) is 0 Å². The first-order chi connectivity index (χ1) is 17.9. The topological polar surface area (TPSA) is 167 Å². The number of hydrogen-bond donors (Lipinski definition) is 5. The highest BCUT2D eigenvalue weighted by Crippen LogP contribution is 2.36. The number of alkyl halides is 3. The summed E-state index contributed by atoms with van der Waals surface area (Å²) in [6, 6.07) is 0. The normalized spacial score (nSPS) is 9.23. The summed E-state index contributed by atoms with van der Waals surface area (Å²) >= 11 is 36.9. The Morgan fingerprint density at radius 3 is 1.42 bits per heavy atom. The summed E-state index contributed by atoms with van der Waals surface area (Å²) in [5, 5.41) is 25.5. The lowest BCUT2D eigenvalue weighted by molar-refractivity contribution is -0.139. The predicted molar refractivity (Wildman–Crippen MR) is 209 cm³/mol. The fourth-order valence-electron chi connectivity index (χ4n) is 0.925. The summed E-state index contributed by atoms with van der Waals surface area (Å²) in [5.41, 5.74) is 0. The fourth-order valence-corrected chi connectivity index (χ4v) is 5.05. The first-order valence-electron chi connectivity index (χ1n) is 10.1. The van der Waals surface area contributed by atoms with Crippen LogP contribution >= 0.6 is 120 Å². The number of ketones is 1. The van der Waals surface area contributed by atoms with Crippen molar-refractivity contribution in [3.05, 3.63) is 0 Å². The number of thiocarbonyl (C=S) groups is 4. The Morgan fingerprint density at radius 1 is 1.02 bits per heavy atom. The van der Waals surface area contributed by atoms with Gasteiger partial charge in [0, 0.05) is 15.6 Å². The van der Waals surface area contributed by atoms with Crippen molar-refractivity contribution in [2.45, 2.75) is 97.4 Å². The molecule has 262 valence electrons. The molecule has 0 unspecified atom stereocenters. The number of hydrogen-bond acceptors (Lipinski definition) is 13. The standard InChI is InChI=1S/C9H14O4S3.C4H11NO4S.C3H6O.CHCl3.CH2S2.CS2.3CH4/c1-8(2,5(10)11)15-7(14)16-9(3,4)6(12)13;1-2-3-4-5-10(7,8)9-6;1-3(2)4;2-1(3)4;2*2-1-3;;;/h1-4H3,(H,10,11)(H,12,13);5-6H,2-4H2,1H3;1-2H3;1H;1H,(H,2,3);;3*1H4/p+1. The fraction of sp³-hybridized carbons (Fsp3) is 0.727. The molecule has 0 rings (SSSR count). The predicted octanol–water partition coefficient (Wildman–Crippen LogP) is 9.07. The van der Waals surface area contributed by atoms with Crippen molar-refractivity contribution in [1.29, 1.82) is 0 Å². The van der Waals surface area contributed by atoms with Gasteiger partial charge in [0.1, 0.15) is 18.8 Å². The van der Waals surface area contributed by atoms with E-state index in [2.05, 4.69) is 53.6 Å². The Kier molecular flexibility index (Phi) is 62.8. The van der Waals surface area contributed by atoms with Crippen LogP contribution in [0.2, 0.25) is 0 Å². The summed E-state index contributed by atoms with van der Waals surface area (Å²) in [6.07, 6.45) is 1.61. The molecule has 0 spiro atoms. The second-order valence-electron chi connectivity index (χ2n) is 7.21. The van der Waals surface area contributed by atoms with Crippen LogP contribution in [0.3, 0.4) is 0 Å². The van der Waals surface area contributed by atoms with E-state index >= 15 is 0 Å².